The number of nitrogens with one attached hydrogen (secondary N) is 3. The average Bonchev–Trinajstić information content (AvgIpc) is 3.54. The summed E-state index contributed by atoms with van der Waals surface area (Å²) in [6.45, 7) is 0.208. The number of benzene rings is 2. The van der Waals surface area contributed by atoms with E-state index in [1.54, 1.807) is 0 Å². The molecule has 1 heterocycles. The van der Waals surface area contributed by atoms with Crippen molar-refractivity contribution in [2.75, 3.05) is 13.2 Å². The summed E-state index contributed by atoms with van der Waals surface area (Å²) in [6.07, 6.45) is 1.01. The van der Waals surface area contributed by atoms with E-state index in [0.29, 0.717) is 19.3 Å². The van der Waals surface area contributed by atoms with Gasteiger partial charge in [-0.05, 0) is 41.5 Å². The maximum Gasteiger partial charge on any atom is 0.407 e. The number of carbonyl (C=O) groups is 4. The van der Waals surface area contributed by atoms with Gasteiger partial charge in [-0.3, -0.25) is 14.4 Å². The molecule has 1 aliphatic heterocycles. The lowest BCUT2D eigenvalue weighted by Crippen LogP contribution is -2.47. The number of carboxylic acids is 1. The van der Waals surface area contributed by atoms with Gasteiger partial charge in [0, 0.05) is 24.4 Å². The fourth-order valence-corrected chi connectivity index (χ4v) is 5.45. The zero-order valence-corrected chi connectivity index (χ0v) is 19.0. The van der Waals surface area contributed by atoms with Crippen LogP contribution in [-0.4, -0.2) is 54.2 Å². The second-order valence-corrected chi connectivity index (χ2v) is 9.35. The van der Waals surface area contributed by atoms with Crippen LogP contribution in [0.25, 0.3) is 11.1 Å². The maximum absolute atomic E-state index is 12.7. The van der Waals surface area contributed by atoms with E-state index in [2.05, 4.69) is 40.2 Å². The van der Waals surface area contributed by atoms with Crippen molar-refractivity contribution in [3.8, 4) is 11.1 Å². The van der Waals surface area contributed by atoms with Gasteiger partial charge in [0.1, 0.15) is 18.6 Å². The molecule has 9 nitrogen and oxygen atoms in total. The number of aliphatic carboxylic acids is 1. The molecule has 182 valence electrons. The molecule has 1 saturated heterocycles. The number of hydrogen-bond acceptors (Lipinski definition) is 5. The first-order valence-electron chi connectivity index (χ1n) is 11.8. The Balaban J connectivity index is 1.13. The Bertz CT molecular complexity index is 1140. The largest absolute Gasteiger partial charge is 0.481 e. The van der Waals surface area contributed by atoms with Crippen LogP contribution in [0.15, 0.2) is 48.5 Å². The monoisotopic (exact) mass is 477 g/mol. The van der Waals surface area contributed by atoms with Crippen LogP contribution in [0.2, 0.25) is 0 Å². The van der Waals surface area contributed by atoms with Crippen molar-refractivity contribution in [3.63, 3.8) is 0 Å². The molecule has 4 atom stereocenters. The van der Waals surface area contributed by atoms with Gasteiger partial charge in [-0.15, -0.1) is 0 Å². The highest BCUT2D eigenvalue weighted by Gasteiger charge is 2.42. The SMILES string of the molecule is O=C(N[C@H]1CC[C@@H](C(=O)NC2C(=O)NCC2C(=O)O)C1)OCC1c2ccccc2-c2ccccc21. The highest BCUT2D eigenvalue weighted by Crippen LogP contribution is 2.44. The summed E-state index contributed by atoms with van der Waals surface area (Å²) >= 11 is 0. The number of carbonyl (C=O) groups excluding carboxylic acids is 3. The first kappa shape index (κ1) is 22.9. The molecule has 0 radical (unpaired) electrons. The Morgan fingerprint density at radius 1 is 0.971 bits per heavy atom. The van der Waals surface area contributed by atoms with Crippen molar-refractivity contribution < 1.29 is 29.0 Å². The van der Waals surface area contributed by atoms with Crippen LogP contribution in [0, 0.1) is 11.8 Å². The van der Waals surface area contributed by atoms with E-state index in [9.17, 15) is 24.3 Å². The lowest BCUT2D eigenvalue weighted by atomic mass is 9.98. The normalized spacial score (nSPS) is 24.9. The molecule has 4 N–H and O–H groups in total. The summed E-state index contributed by atoms with van der Waals surface area (Å²) in [6, 6.07) is 14.9. The van der Waals surface area contributed by atoms with E-state index in [1.165, 1.54) is 0 Å². The van der Waals surface area contributed by atoms with Crippen LogP contribution in [0.3, 0.4) is 0 Å². The Labute approximate surface area is 202 Å². The predicted octanol–water partition coefficient (Wildman–Crippen LogP) is 2.01. The van der Waals surface area contributed by atoms with Gasteiger partial charge in [-0.1, -0.05) is 48.5 Å². The van der Waals surface area contributed by atoms with E-state index in [4.69, 9.17) is 4.74 Å². The summed E-state index contributed by atoms with van der Waals surface area (Å²) in [5, 5.41) is 17.2. The van der Waals surface area contributed by atoms with Crippen molar-refractivity contribution in [2.45, 2.75) is 37.3 Å². The number of ether oxygens (including phenoxy) is 1. The van der Waals surface area contributed by atoms with Gasteiger partial charge in [0.05, 0.1) is 0 Å². The third kappa shape index (κ3) is 4.45. The number of carboxylic acid groups (broad SMARTS) is 1. The summed E-state index contributed by atoms with van der Waals surface area (Å²) in [5.41, 5.74) is 4.58. The molecular weight excluding hydrogens is 450 g/mol. The van der Waals surface area contributed by atoms with Crippen LogP contribution in [0.5, 0.6) is 0 Å². The smallest absolute Gasteiger partial charge is 0.407 e. The molecule has 3 aliphatic rings. The third-order valence-corrected chi connectivity index (χ3v) is 7.27. The molecular formula is C26H27N3O6. The summed E-state index contributed by atoms with van der Waals surface area (Å²) in [7, 11) is 0. The van der Waals surface area contributed by atoms with Gasteiger partial charge in [0.15, 0.2) is 0 Å². The summed E-state index contributed by atoms with van der Waals surface area (Å²) < 4.78 is 5.59. The standard InChI is InChI=1S/C26H27N3O6/c30-23(29-22-20(25(32)33)12-27-24(22)31)14-9-10-15(11-14)28-26(34)35-13-21-18-7-3-1-5-16(18)17-6-2-4-8-19(17)21/h1-8,14-15,20-22H,9-13H2,(H,27,31)(H,28,34)(H,29,30)(H,32,33)/t14-,15+,20?,22?/m1/s1. The van der Waals surface area contributed by atoms with Gasteiger partial charge < -0.3 is 25.8 Å². The van der Waals surface area contributed by atoms with Crippen LogP contribution in [0.4, 0.5) is 4.79 Å². The molecule has 2 unspecified atom stereocenters. The molecule has 9 heteroatoms. The van der Waals surface area contributed by atoms with E-state index in [1.807, 2.05) is 24.3 Å². The highest BCUT2D eigenvalue weighted by molar-refractivity contribution is 5.95. The number of hydrogen-bond donors (Lipinski definition) is 4. The molecule has 35 heavy (non-hydrogen) atoms. The second kappa shape index (κ2) is 9.40. The Hall–Kier alpha value is -3.88. The molecule has 2 aromatic rings. The maximum atomic E-state index is 12.7. The molecule has 0 bridgehead atoms. The molecule has 0 aromatic heterocycles. The van der Waals surface area contributed by atoms with Crippen molar-refractivity contribution in [1.29, 1.82) is 0 Å². The lowest BCUT2D eigenvalue weighted by Gasteiger charge is -2.18. The molecule has 0 spiro atoms. The quantitative estimate of drug-likeness (QED) is 0.503. The van der Waals surface area contributed by atoms with Crippen LogP contribution < -0.4 is 16.0 Å². The van der Waals surface area contributed by atoms with Crippen molar-refractivity contribution in [3.05, 3.63) is 59.7 Å². The Morgan fingerprint density at radius 3 is 2.29 bits per heavy atom. The molecule has 2 aromatic carbocycles. The van der Waals surface area contributed by atoms with Gasteiger partial charge in [-0.2, -0.15) is 0 Å². The lowest BCUT2D eigenvalue weighted by molar-refractivity contribution is -0.143. The van der Waals surface area contributed by atoms with E-state index >= 15 is 0 Å². The topological polar surface area (TPSA) is 134 Å². The van der Waals surface area contributed by atoms with Gasteiger partial charge >= 0.3 is 12.1 Å². The minimum Gasteiger partial charge on any atom is -0.481 e. The number of fused-ring (bicyclic) bond motifs is 3. The molecule has 5 rings (SSSR count). The van der Waals surface area contributed by atoms with Gasteiger partial charge in [-0.25, -0.2) is 4.79 Å². The predicted molar refractivity (Wildman–Crippen MR) is 125 cm³/mol. The highest BCUT2D eigenvalue weighted by atomic mass is 16.5. The van der Waals surface area contributed by atoms with Gasteiger partial charge in [0.2, 0.25) is 11.8 Å². The summed E-state index contributed by atoms with van der Waals surface area (Å²) in [4.78, 5) is 48.4. The minimum atomic E-state index is -1.13. The van der Waals surface area contributed by atoms with E-state index in [-0.39, 0.29) is 31.0 Å². The zero-order chi connectivity index (χ0) is 24.5. The van der Waals surface area contributed by atoms with Crippen molar-refractivity contribution >= 4 is 23.9 Å². The minimum absolute atomic E-state index is 0.00422. The molecule has 2 fully saturated rings. The van der Waals surface area contributed by atoms with E-state index < -0.39 is 35.8 Å². The molecule has 2 aliphatic carbocycles. The van der Waals surface area contributed by atoms with E-state index in [0.717, 1.165) is 22.3 Å². The zero-order valence-electron chi connectivity index (χ0n) is 19.0. The van der Waals surface area contributed by atoms with Crippen molar-refractivity contribution in [2.24, 2.45) is 11.8 Å². The average molecular weight is 478 g/mol. The van der Waals surface area contributed by atoms with Crippen LogP contribution in [-0.2, 0) is 19.1 Å². The Kier molecular flexibility index (Phi) is 6.15. The first-order valence-corrected chi connectivity index (χ1v) is 11.8. The third-order valence-electron chi connectivity index (χ3n) is 7.27. The molecule has 1 saturated carbocycles. The summed E-state index contributed by atoms with van der Waals surface area (Å²) in [5.74, 6) is -3.41. The second-order valence-electron chi connectivity index (χ2n) is 9.35. The fraction of sp³-hybridized carbons (Fsp3) is 0.385. The van der Waals surface area contributed by atoms with Gasteiger partial charge in [0.25, 0.3) is 0 Å². The first-order chi connectivity index (χ1) is 16.9. The number of rotatable bonds is 6. The number of alkyl carbamates (subject to hydrolysis) is 1. The van der Waals surface area contributed by atoms with Crippen LogP contribution in [0.1, 0.15) is 36.3 Å². The van der Waals surface area contributed by atoms with Crippen LogP contribution >= 0.6 is 0 Å². The fourth-order valence-electron chi connectivity index (χ4n) is 5.45. The molecule has 3 amide bonds. The Morgan fingerprint density at radius 2 is 1.63 bits per heavy atom. The number of amides is 3. The van der Waals surface area contributed by atoms with Crippen molar-refractivity contribution in [1.82, 2.24) is 16.0 Å².